The number of H-pyrrole nitrogens is 1. The maximum Gasteiger partial charge on any atom is 0.0794 e. The van der Waals surface area contributed by atoms with Crippen LogP contribution >= 0.6 is 27.3 Å². The second-order valence-corrected chi connectivity index (χ2v) is 6.77. The number of benzene rings is 1. The highest BCUT2D eigenvalue weighted by molar-refractivity contribution is 9.10. The fourth-order valence-corrected chi connectivity index (χ4v) is 3.23. The number of aromatic nitrogens is 2. The van der Waals surface area contributed by atoms with E-state index in [1.165, 1.54) is 16.0 Å². The number of hydrogen-bond acceptors (Lipinski definition) is 3. The second-order valence-electron chi connectivity index (χ2n) is 4.90. The van der Waals surface area contributed by atoms with Crippen molar-refractivity contribution in [2.24, 2.45) is 0 Å². The Kier molecular flexibility index (Phi) is 4.53. The maximum atomic E-state index is 4.18. The molecule has 0 aliphatic carbocycles. The molecule has 0 spiro atoms. The summed E-state index contributed by atoms with van der Waals surface area (Å²) in [6.45, 7) is 2.97. The van der Waals surface area contributed by atoms with Crippen LogP contribution in [0.5, 0.6) is 0 Å². The van der Waals surface area contributed by atoms with Crippen LogP contribution in [0.1, 0.15) is 24.1 Å². The molecule has 1 aromatic carbocycles. The number of thiophene rings is 1. The summed E-state index contributed by atoms with van der Waals surface area (Å²) in [5.74, 6) is 0. The maximum absolute atomic E-state index is 4.18. The minimum absolute atomic E-state index is 0.296. The highest BCUT2D eigenvalue weighted by atomic mass is 79.9. The average molecular weight is 362 g/mol. The molecular formula is C16H16BrN3S. The van der Waals surface area contributed by atoms with E-state index in [1.54, 1.807) is 11.3 Å². The van der Waals surface area contributed by atoms with Crippen LogP contribution in [0.25, 0.3) is 10.6 Å². The van der Waals surface area contributed by atoms with E-state index in [1.807, 2.05) is 6.20 Å². The Morgan fingerprint density at radius 3 is 2.81 bits per heavy atom. The lowest BCUT2D eigenvalue weighted by atomic mass is 10.1. The van der Waals surface area contributed by atoms with Gasteiger partial charge in [-0.15, -0.1) is 11.3 Å². The molecule has 0 radical (unpaired) electrons. The van der Waals surface area contributed by atoms with Gasteiger partial charge in [0.1, 0.15) is 0 Å². The van der Waals surface area contributed by atoms with Gasteiger partial charge in [0.15, 0.2) is 0 Å². The molecule has 0 aliphatic rings. The Labute approximate surface area is 136 Å². The molecule has 3 nitrogen and oxygen atoms in total. The van der Waals surface area contributed by atoms with Gasteiger partial charge in [-0.25, -0.2) is 0 Å². The van der Waals surface area contributed by atoms with Gasteiger partial charge in [0.25, 0.3) is 0 Å². The number of hydrogen-bond donors (Lipinski definition) is 2. The van der Waals surface area contributed by atoms with Gasteiger partial charge in [-0.2, -0.15) is 5.10 Å². The van der Waals surface area contributed by atoms with Crippen LogP contribution in [0.15, 0.2) is 52.4 Å². The molecule has 0 unspecified atom stereocenters. The van der Waals surface area contributed by atoms with Gasteiger partial charge < -0.3 is 5.32 Å². The Bertz CT molecular complexity index is 689. The molecule has 0 saturated carbocycles. The third kappa shape index (κ3) is 3.43. The predicted octanol–water partition coefficient (Wildman–Crippen LogP) is 4.75. The summed E-state index contributed by atoms with van der Waals surface area (Å²) in [6.07, 6.45) is 1.90. The monoisotopic (exact) mass is 361 g/mol. The lowest BCUT2D eigenvalue weighted by Crippen LogP contribution is -2.18. The van der Waals surface area contributed by atoms with Crippen molar-refractivity contribution >= 4 is 27.3 Å². The predicted molar refractivity (Wildman–Crippen MR) is 91.3 cm³/mol. The van der Waals surface area contributed by atoms with Crippen molar-refractivity contribution < 1.29 is 0 Å². The number of rotatable bonds is 5. The first-order valence-electron chi connectivity index (χ1n) is 6.79. The van der Waals surface area contributed by atoms with E-state index in [0.717, 1.165) is 16.7 Å². The van der Waals surface area contributed by atoms with Gasteiger partial charge in [0.2, 0.25) is 0 Å². The zero-order valence-electron chi connectivity index (χ0n) is 11.6. The van der Waals surface area contributed by atoms with Gasteiger partial charge in [0.05, 0.1) is 16.8 Å². The van der Waals surface area contributed by atoms with Gasteiger partial charge in [-0.3, -0.25) is 5.10 Å². The number of nitrogens with one attached hydrogen (secondary N) is 2. The van der Waals surface area contributed by atoms with Crippen molar-refractivity contribution in [3.63, 3.8) is 0 Å². The van der Waals surface area contributed by atoms with Crippen molar-refractivity contribution in [1.82, 2.24) is 15.5 Å². The third-order valence-electron chi connectivity index (χ3n) is 3.45. The van der Waals surface area contributed by atoms with Crippen LogP contribution in [0, 0.1) is 0 Å². The first-order valence-corrected chi connectivity index (χ1v) is 8.46. The summed E-state index contributed by atoms with van der Waals surface area (Å²) in [6, 6.07) is 12.9. The summed E-state index contributed by atoms with van der Waals surface area (Å²) in [5.41, 5.74) is 3.58. The first kappa shape index (κ1) is 14.5. The lowest BCUT2D eigenvalue weighted by molar-refractivity contribution is 0.575. The van der Waals surface area contributed by atoms with Crippen LogP contribution in [0.3, 0.4) is 0 Å². The number of aromatic amines is 1. The summed E-state index contributed by atoms with van der Waals surface area (Å²) >= 11 is 5.19. The molecule has 3 rings (SSSR count). The topological polar surface area (TPSA) is 40.7 Å². The zero-order valence-corrected chi connectivity index (χ0v) is 14.0. The highest BCUT2D eigenvalue weighted by Gasteiger charge is 2.10. The molecule has 108 valence electrons. The molecule has 2 N–H and O–H groups in total. The average Bonchev–Trinajstić information content (AvgIpc) is 3.16. The van der Waals surface area contributed by atoms with E-state index in [9.17, 15) is 0 Å². The SMILES string of the molecule is C[C@H](NCc1cn[nH]c1-c1cccs1)c1ccc(Br)cc1. The molecule has 0 aliphatic heterocycles. The highest BCUT2D eigenvalue weighted by Crippen LogP contribution is 2.26. The quantitative estimate of drug-likeness (QED) is 0.688. The molecule has 0 bridgehead atoms. The van der Waals surface area contributed by atoms with Crippen molar-refractivity contribution in [2.45, 2.75) is 19.5 Å². The molecule has 0 amide bonds. The van der Waals surface area contributed by atoms with Gasteiger partial charge in [-0.05, 0) is 36.1 Å². The molecule has 3 aromatic rings. The van der Waals surface area contributed by atoms with E-state index >= 15 is 0 Å². The zero-order chi connectivity index (χ0) is 14.7. The van der Waals surface area contributed by atoms with Crippen LogP contribution < -0.4 is 5.32 Å². The summed E-state index contributed by atoms with van der Waals surface area (Å²) in [7, 11) is 0. The van der Waals surface area contributed by atoms with Crippen LogP contribution in [-0.2, 0) is 6.54 Å². The van der Waals surface area contributed by atoms with E-state index in [-0.39, 0.29) is 0 Å². The minimum atomic E-state index is 0.296. The molecule has 1 atom stereocenters. The van der Waals surface area contributed by atoms with E-state index in [0.29, 0.717) is 6.04 Å². The second kappa shape index (κ2) is 6.56. The molecule has 0 fully saturated rings. The largest absolute Gasteiger partial charge is 0.306 e. The Hall–Kier alpha value is -1.43. The number of nitrogens with zero attached hydrogens (tertiary/aromatic N) is 1. The molecule has 2 heterocycles. The minimum Gasteiger partial charge on any atom is -0.306 e. The summed E-state index contributed by atoms with van der Waals surface area (Å²) in [5, 5.41) is 12.9. The van der Waals surface area contributed by atoms with Crippen molar-refractivity contribution in [3.05, 3.63) is 63.6 Å². The molecule has 2 aromatic heterocycles. The van der Waals surface area contributed by atoms with Crippen LogP contribution in [0.4, 0.5) is 0 Å². The van der Waals surface area contributed by atoms with Crippen LogP contribution in [-0.4, -0.2) is 10.2 Å². The van der Waals surface area contributed by atoms with E-state index < -0.39 is 0 Å². The molecule has 0 saturated heterocycles. The molecular weight excluding hydrogens is 346 g/mol. The van der Waals surface area contributed by atoms with E-state index in [4.69, 9.17) is 0 Å². The standard InChI is InChI=1S/C16H16BrN3S/c1-11(12-4-6-14(17)7-5-12)18-9-13-10-19-20-16(13)15-3-2-8-21-15/h2-8,10-11,18H,9H2,1H3,(H,19,20)/t11-/m0/s1. The Balaban J connectivity index is 1.68. The van der Waals surface area contributed by atoms with Gasteiger partial charge >= 0.3 is 0 Å². The number of halogens is 1. The Morgan fingerprint density at radius 1 is 1.29 bits per heavy atom. The smallest absolute Gasteiger partial charge is 0.0794 e. The third-order valence-corrected chi connectivity index (χ3v) is 4.87. The molecule has 21 heavy (non-hydrogen) atoms. The normalized spacial score (nSPS) is 12.5. The lowest BCUT2D eigenvalue weighted by Gasteiger charge is -2.14. The first-order chi connectivity index (χ1) is 10.2. The van der Waals surface area contributed by atoms with E-state index in [2.05, 4.69) is 80.1 Å². The van der Waals surface area contributed by atoms with Gasteiger partial charge in [-0.1, -0.05) is 34.1 Å². The van der Waals surface area contributed by atoms with Crippen molar-refractivity contribution in [1.29, 1.82) is 0 Å². The summed E-state index contributed by atoms with van der Waals surface area (Å²) < 4.78 is 1.10. The Morgan fingerprint density at radius 2 is 2.10 bits per heavy atom. The fraction of sp³-hybridized carbons (Fsp3) is 0.188. The summed E-state index contributed by atoms with van der Waals surface area (Å²) in [4.78, 5) is 1.22. The van der Waals surface area contributed by atoms with Gasteiger partial charge in [0, 0.05) is 22.6 Å². The fourth-order valence-electron chi connectivity index (χ4n) is 2.21. The molecule has 5 heteroatoms. The van der Waals surface area contributed by atoms with Crippen molar-refractivity contribution in [2.75, 3.05) is 0 Å². The van der Waals surface area contributed by atoms with Crippen molar-refractivity contribution in [3.8, 4) is 10.6 Å². The van der Waals surface area contributed by atoms with Crippen LogP contribution in [0.2, 0.25) is 0 Å².